The van der Waals surface area contributed by atoms with E-state index in [4.69, 9.17) is 4.74 Å². The number of carbonyl (C=O) groups excluding carboxylic acids is 1. The summed E-state index contributed by atoms with van der Waals surface area (Å²) in [5.41, 5.74) is 0.630. The average molecular weight is 347 g/mol. The van der Waals surface area contributed by atoms with Crippen molar-refractivity contribution in [2.24, 2.45) is 5.41 Å². The molecule has 2 N–H and O–H groups in total. The summed E-state index contributed by atoms with van der Waals surface area (Å²) in [6.07, 6.45) is 6.44. The van der Waals surface area contributed by atoms with Gasteiger partial charge in [0, 0.05) is 38.6 Å². The van der Waals surface area contributed by atoms with Gasteiger partial charge in [0.05, 0.1) is 13.2 Å². The van der Waals surface area contributed by atoms with Crippen LogP contribution in [0.25, 0.3) is 0 Å². The van der Waals surface area contributed by atoms with Gasteiger partial charge in [0.15, 0.2) is 5.69 Å². The Labute approximate surface area is 149 Å². The highest BCUT2D eigenvalue weighted by atomic mass is 16.5. The Hall–Kier alpha value is -1.73. The molecule has 7 nitrogen and oxygen atoms in total. The number of amides is 1. The third-order valence-corrected chi connectivity index (χ3v) is 5.35. The van der Waals surface area contributed by atoms with Crippen LogP contribution in [0.5, 0.6) is 0 Å². The minimum absolute atomic E-state index is 0.213. The van der Waals surface area contributed by atoms with Crippen LogP contribution in [0.4, 0.5) is 5.82 Å². The van der Waals surface area contributed by atoms with Gasteiger partial charge in [-0.3, -0.25) is 9.69 Å². The van der Waals surface area contributed by atoms with Gasteiger partial charge in [0.25, 0.3) is 5.91 Å². The summed E-state index contributed by atoms with van der Waals surface area (Å²) in [6, 6.07) is 3.55. The molecule has 1 aliphatic heterocycles. The van der Waals surface area contributed by atoms with Gasteiger partial charge in [0.1, 0.15) is 5.82 Å². The molecular formula is C18H29N5O2. The molecule has 0 unspecified atom stereocenters. The number of nitrogens with one attached hydrogen (secondary N) is 2. The number of hydrogen-bond donors (Lipinski definition) is 2. The number of morpholine rings is 1. The topological polar surface area (TPSA) is 79.4 Å². The summed E-state index contributed by atoms with van der Waals surface area (Å²) in [6.45, 7) is 5.77. The number of ether oxygens (including phenoxy) is 1. The summed E-state index contributed by atoms with van der Waals surface area (Å²) in [4.78, 5) is 14.1. The van der Waals surface area contributed by atoms with Gasteiger partial charge in [-0.15, -0.1) is 10.2 Å². The number of anilines is 1. The highest BCUT2D eigenvalue weighted by Crippen LogP contribution is 2.37. The fourth-order valence-electron chi connectivity index (χ4n) is 3.88. The highest BCUT2D eigenvalue weighted by Gasteiger charge is 2.34. The van der Waals surface area contributed by atoms with E-state index >= 15 is 0 Å². The van der Waals surface area contributed by atoms with E-state index in [0.29, 0.717) is 5.69 Å². The molecule has 1 aromatic rings. The molecule has 1 amide bonds. The first-order valence-electron chi connectivity index (χ1n) is 9.31. The smallest absolute Gasteiger partial charge is 0.271 e. The molecule has 2 fully saturated rings. The lowest BCUT2D eigenvalue weighted by molar-refractivity contribution is 0.0102. The van der Waals surface area contributed by atoms with E-state index in [9.17, 15) is 4.79 Å². The van der Waals surface area contributed by atoms with Crippen LogP contribution in [0.3, 0.4) is 0 Å². The summed E-state index contributed by atoms with van der Waals surface area (Å²) in [5, 5.41) is 14.2. The van der Waals surface area contributed by atoms with Crippen molar-refractivity contribution < 1.29 is 9.53 Å². The summed E-state index contributed by atoms with van der Waals surface area (Å²) >= 11 is 0. The zero-order valence-corrected chi connectivity index (χ0v) is 15.1. The minimum Gasteiger partial charge on any atom is -0.379 e. The van der Waals surface area contributed by atoms with E-state index < -0.39 is 0 Å². The first-order chi connectivity index (χ1) is 12.2. The molecule has 1 aromatic heterocycles. The van der Waals surface area contributed by atoms with E-state index in [1.165, 1.54) is 32.1 Å². The molecule has 0 radical (unpaired) electrons. The van der Waals surface area contributed by atoms with E-state index in [1.54, 1.807) is 13.1 Å². The van der Waals surface area contributed by atoms with E-state index in [1.807, 2.05) is 6.07 Å². The lowest BCUT2D eigenvalue weighted by Gasteiger charge is -2.42. The third kappa shape index (κ3) is 4.89. The van der Waals surface area contributed by atoms with Crippen LogP contribution >= 0.6 is 0 Å². The highest BCUT2D eigenvalue weighted by molar-refractivity contribution is 5.91. The van der Waals surface area contributed by atoms with Crippen molar-refractivity contribution in [1.29, 1.82) is 0 Å². The van der Waals surface area contributed by atoms with Crippen molar-refractivity contribution in [2.45, 2.75) is 32.1 Å². The SMILES string of the molecule is CNC(=O)c1ccc(NCC2(CN3CCOCC3)CCCCC2)nn1. The van der Waals surface area contributed by atoms with E-state index in [2.05, 4.69) is 25.7 Å². The van der Waals surface area contributed by atoms with Crippen LogP contribution in [-0.4, -0.2) is 67.4 Å². The summed E-state index contributed by atoms with van der Waals surface area (Å²) in [5.74, 6) is 0.523. The predicted octanol–water partition coefficient (Wildman–Crippen LogP) is 1.53. The Morgan fingerprint density at radius 2 is 1.96 bits per heavy atom. The Kier molecular flexibility index (Phi) is 6.20. The first kappa shape index (κ1) is 18.1. The van der Waals surface area contributed by atoms with Gasteiger partial charge in [-0.1, -0.05) is 19.3 Å². The van der Waals surface area contributed by atoms with E-state index in [0.717, 1.165) is 45.2 Å². The van der Waals surface area contributed by atoms with Gasteiger partial charge < -0.3 is 15.4 Å². The summed E-state index contributed by atoms with van der Waals surface area (Å²) < 4.78 is 5.48. The molecule has 7 heteroatoms. The van der Waals surface area contributed by atoms with Crippen molar-refractivity contribution in [1.82, 2.24) is 20.4 Å². The molecule has 1 aliphatic carbocycles. The van der Waals surface area contributed by atoms with Gasteiger partial charge in [-0.2, -0.15) is 0 Å². The maximum atomic E-state index is 11.6. The van der Waals surface area contributed by atoms with Gasteiger partial charge in [-0.25, -0.2) is 0 Å². The van der Waals surface area contributed by atoms with Crippen LogP contribution in [0.2, 0.25) is 0 Å². The Morgan fingerprint density at radius 1 is 1.20 bits per heavy atom. The Balaban J connectivity index is 1.61. The zero-order valence-electron chi connectivity index (χ0n) is 15.1. The van der Waals surface area contributed by atoms with Crippen molar-refractivity contribution >= 4 is 11.7 Å². The fourth-order valence-corrected chi connectivity index (χ4v) is 3.88. The second-order valence-electron chi connectivity index (χ2n) is 7.19. The van der Waals surface area contributed by atoms with Crippen molar-refractivity contribution in [3.8, 4) is 0 Å². The van der Waals surface area contributed by atoms with E-state index in [-0.39, 0.29) is 11.3 Å². The average Bonchev–Trinajstić information content (AvgIpc) is 2.68. The molecule has 1 saturated carbocycles. The normalized spacial score (nSPS) is 20.8. The second kappa shape index (κ2) is 8.58. The molecule has 138 valence electrons. The molecule has 0 bridgehead atoms. The monoisotopic (exact) mass is 347 g/mol. The van der Waals surface area contributed by atoms with Crippen molar-refractivity contribution in [3.63, 3.8) is 0 Å². The molecule has 2 heterocycles. The number of nitrogens with zero attached hydrogens (tertiary/aromatic N) is 3. The van der Waals surface area contributed by atoms with Crippen molar-refractivity contribution in [3.05, 3.63) is 17.8 Å². The molecule has 0 aromatic carbocycles. The van der Waals surface area contributed by atoms with Gasteiger partial charge in [0.2, 0.25) is 0 Å². The molecule has 0 atom stereocenters. The molecular weight excluding hydrogens is 318 g/mol. The maximum absolute atomic E-state index is 11.6. The number of rotatable bonds is 6. The minimum atomic E-state index is -0.213. The van der Waals surface area contributed by atoms with Gasteiger partial charge >= 0.3 is 0 Å². The maximum Gasteiger partial charge on any atom is 0.271 e. The quantitative estimate of drug-likeness (QED) is 0.812. The largest absolute Gasteiger partial charge is 0.379 e. The lowest BCUT2D eigenvalue weighted by Crippen LogP contribution is -2.47. The number of carbonyl (C=O) groups is 1. The van der Waals surface area contributed by atoms with Crippen LogP contribution in [0.1, 0.15) is 42.6 Å². The van der Waals surface area contributed by atoms with Gasteiger partial charge in [-0.05, 0) is 25.0 Å². The lowest BCUT2D eigenvalue weighted by atomic mass is 9.73. The molecule has 1 saturated heterocycles. The van der Waals surface area contributed by atoms with Crippen LogP contribution in [0.15, 0.2) is 12.1 Å². The Bertz CT molecular complexity index is 551. The summed E-state index contributed by atoms with van der Waals surface area (Å²) in [7, 11) is 1.59. The van der Waals surface area contributed by atoms with Crippen LogP contribution < -0.4 is 10.6 Å². The fraction of sp³-hybridized carbons (Fsp3) is 0.722. The van der Waals surface area contributed by atoms with Crippen molar-refractivity contribution in [2.75, 3.05) is 51.8 Å². The predicted molar refractivity (Wildman–Crippen MR) is 96.7 cm³/mol. The first-order valence-corrected chi connectivity index (χ1v) is 9.31. The standard InChI is InChI=1S/C18H29N5O2/c1-19-17(24)15-5-6-16(22-21-15)20-13-18(7-3-2-4-8-18)14-23-9-11-25-12-10-23/h5-6H,2-4,7-14H2,1H3,(H,19,24)(H,20,22). The van der Waals surface area contributed by atoms with Crippen LogP contribution in [-0.2, 0) is 4.74 Å². The molecule has 0 spiro atoms. The number of hydrogen-bond acceptors (Lipinski definition) is 6. The third-order valence-electron chi connectivity index (χ3n) is 5.35. The Morgan fingerprint density at radius 3 is 2.60 bits per heavy atom. The molecule has 2 aliphatic rings. The number of aromatic nitrogens is 2. The van der Waals surface area contributed by atoms with Crippen LogP contribution in [0, 0.1) is 5.41 Å². The molecule has 3 rings (SSSR count). The molecule has 25 heavy (non-hydrogen) atoms. The zero-order chi connectivity index (χ0) is 17.5. The second-order valence-corrected chi connectivity index (χ2v) is 7.19.